The van der Waals surface area contributed by atoms with Crippen LogP contribution >= 0.6 is 0 Å². The fourth-order valence-corrected chi connectivity index (χ4v) is 0.890. The van der Waals surface area contributed by atoms with Crippen LogP contribution in [0.15, 0.2) is 35.6 Å². The highest BCUT2D eigenvalue weighted by Gasteiger charge is 2.08. The molecule has 1 unspecified atom stereocenters. The first-order chi connectivity index (χ1) is 8.42. The second kappa shape index (κ2) is 7.42. The Labute approximate surface area is 105 Å². The van der Waals surface area contributed by atoms with Crippen LogP contribution in [-0.4, -0.2) is 11.8 Å². The molecule has 1 atom stereocenters. The largest absolute Gasteiger partial charge is 0.375 e. The van der Waals surface area contributed by atoms with Crippen molar-refractivity contribution < 1.29 is 9.59 Å². The number of allylic oxidation sites excluding steroid dienone is 4. The molecule has 0 aromatic rings. The fraction of sp³-hybridized carbons (Fsp3) is 0.167. The number of amides is 2. The molecule has 0 saturated heterocycles. The Bertz CT molecular complexity index is 515. The molecule has 0 aliphatic rings. The van der Waals surface area contributed by atoms with Crippen molar-refractivity contribution in [3.63, 3.8) is 0 Å². The third-order valence-electron chi connectivity index (χ3n) is 1.87. The minimum atomic E-state index is -1.01. The number of nitriles is 1. The van der Waals surface area contributed by atoms with Gasteiger partial charge in [-0.1, -0.05) is 29.9 Å². The molecule has 0 aromatic carbocycles. The summed E-state index contributed by atoms with van der Waals surface area (Å²) in [6, 6.07) is 1.72. The van der Waals surface area contributed by atoms with E-state index in [1.807, 2.05) is 0 Å². The highest BCUT2D eigenvalue weighted by molar-refractivity contribution is 5.94. The van der Waals surface area contributed by atoms with Gasteiger partial charge in [-0.2, -0.15) is 5.26 Å². The smallest absolute Gasteiger partial charge is 0.249 e. The Balaban J connectivity index is 4.89. The molecule has 0 rings (SSSR count). The maximum Gasteiger partial charge on any atom is 0.249 e. The standard InChI is InChI=1S/C12H12N4O2/c1-8(3-5-9(7-13)11(14)17)4-6-10(16-2)12(15)18/h3-6,9H,1H3,(H2,14,17)(H2,15,18)/b5-3+,8-4+,10-6+. The lowest BCUT2D eigenvalue weighted by molar-refractivity contribution is -0.119. The Morgan fingerprint density at radius 2 is 2.00 bits per heavy atom. The van der Waals surface area contributed by atoms with Crippen molar-refractivity contribution in [2.75, 3.05) is 0 Å². The Morgan fingerprint density at radius 3 is 2.39 bits per heavy atom. The van der Waals surface area contributed by atoms with Gasteiger partial charge in [0.25, 0.3) is 0 Å². The van der Waals surface area contributed by atoms with Gasteiger partial charge >= 0.3 is 0 Å². The zero-order chi connectivity index (χ0) is 14.1. The number of rotatable bonds is 5. The van der Waals surface area contributed by atoms with Crippen molar-refractivity contribution in [2.45, 2.75) is 6.92 Å². The van der Waals surface area contributed by atoms with Gasteiger partial charge in [0.1, 0.15) is 5.92 Å². The van der Waals surface area contributed by atoms with Crippen LogP contribution in [0, 0.1) is 23.8 Å². The molecule has 0 heterocycles. The average molecular weight is 244 g/mol. The number of carbonyl (C=O) groups is 2. The number of hydrogen-bond donors (Lipinski definition) is 2. The average Bonchev–Trinajstić information content (AvgIpc) is 2.29. The molecule has 6 heteroatoms. The molecule has 0 fully saturated rings. The molecule has 4 N–H and O–H groups in total. The summed E-state index contributed by atoms with van der Waals surface area (Å²) in [6.07, 6.45) is 5.58. The summed E-state index contributed by atoms with van der Waals surface area (Å²) >= 11 is 0. The van der Waals surface area contributed by atoms with E-state index < -0.39 is 17.7 Å². The summed E-state index contributed by atoms with van der Waals surface area (Å²) in [5.74, 6) is -2.56. The van der Waals surface area contributed by atoms with Gasteiger partial charge in [-0.3, -0.25) is 9.59 Å². The van der Waals surface area contributed by atoms with E-state index in [2.05, 4.69) is 4.85 Å². The summed E-state index contributed by atoms with van der Waals surface area (Å²) < 4.78 is 0. The van der Waals surface area contributed by atoms with Crippen molar-refractivity contribution in [1.29, 1.82) is 5.26 Å². The van der Waals surface area contributed by atoms with Gasteiger partial charge in [0.15, 0.2) is 0 Å². The molecule has 0 aliphatic heterocycles. The Hall–Kier alpha value is -2.86. The van der Waals surface area contributed by atoms with Crippen molar-refractivity contribution in [3.8, 4) is 6.07 Å². The van der Waals surface area contributed by atoms with E-state index in [0.29, 0.717) is 5.57 Å². The predicted molar refractivity (Wildman–Crippen MR) is 65.1 cm³/mol. The first-order valence-electron chi connectivity index (χ1n) is 4.85. The van der Waals surface area contributed by atoms with Crippen LogP contribution in [0.2, 0.25) is 0 Å². The molecular formula is C12H12N4O2. The molecule has 2 amide bonds. The van der Waals surface area contributed by atoms with Crippen LogP contribution in [0.5, 0.6) is 0 Å². The van der Waals surface area contributed by atoms with E-state index in [0.717, 1.165) is 0 Å². The van der Waals surface area contributed by atoms with Crippen LogP contribution < -0.4 is 11.5 Å². The molecule has 0 aliphatic carbocycles. The minimum absolute atomic E-state index is 0.200. The molecular weight excluding hydrogens is 232 g/mol. The molecule has 92 valence electrons. The quantitative estimate of drug-likeness (QED) is 0.414. The summed E-state index contributed by atoms with van der Waals surface area (Å²) in [6.45, 7) is 8.37. The minimum Gasteiger partial charge on any atom is -0.375 e. The van der Waals surface area contributed by atoms with E-state index in [1.165, 1.54) is 24.3 Å². The molecule has 0 radical (unpaired) electrons. The van der Waals surface area contributed by atoms with Crippen LogP contribution in [0.1, 0.15) is 6.92 Å². The third-order valence-corrected chi connectivity index (χ3v) is 1.87. The van der Waals surface area contributed by atoms with E-state index in [-0.39, 0.29) is 5.70 Å². The third kappa shape index (κ3) is 5.29. The lowest BCUT2D eigenvalue weighted by Gasteiger charge is -1.96. The Kier molecular flexibility index (Phi) is 6.24. The number of nitrogens with two attached hydrogens (primary N) is 2. The number of carbonyl (C=O) groups excluding carboxylic acids is 2. The molecule has 0 saturated carbocycles. The highest BCUT2D eigenvalue weighted by Crippen LogP contribution is 2.03. The highest BCUT2D eigenvalue weighted by atomic mass is 16.1. The maximum atomic E-state index is 10.8. The molecule has 18 heavy (non-hydrogen) atoms. The monoisotopic (exact) mass is 244 g/mol. The first kappa shape index (κ1) is 15.1. The zero-order valence-corrected chi connectivity index (χ0v) is 9.75. The van der Waals surface area contributed by atoms with Crippen LogP contribution in [0.4, 0.5) is 0 Å². The van der Waals surface area contributed by atoms with Gasteiger partial charge in [-0.25, -0.2) is 4.85 Å². The van der Waals surface area contributed by atoms with Gasteiger partial charge < -0.3 is 11.5 Å². The van der Waals surface area contributed by atoms with Gasteiger partial charge in [0.05, 0.1) is 12.6 Å². The van der Waals surface area contributed by atoms with Crippen molar-refractivity contribution >= 4 is 11.8 Å². The van der Waals surface area contributed by atoms with Crippen molar-refractivity contribution in [3.05, 3.63) is 47.0 Å². The summed E-state index contributed by atoms with van der Waals surface area (Å²) in [5, 5.41) is 8.60. The van der Waals surface area contributed by atoms with Crippen molar-refractivity contribution in [2.24, 2.45) is 17.4 Å². The second-order valence-corrected chi connectivity index (χ2v) is 3.31. The Morgan fingerprint density at radius 1 is 1.39 bits per heavy atom. The lowest BCUT2D eigenvalue weighted by atomic mass is 10.1. The lowest BCUT2D eigenvalue weighted by Crippen LogP contribution is -2.19. The predicted octanol–water partition coefficient (Wildman–Crippen LogP) is 0.402. The molecule has 0 spiro atoms. The summed E-state index contributed by atoms with van der Waals surface area (Å²) in [4.78, 5) is 24.4. The molecule has 6 nitrogen and oxygen atoms in total. The van der Waals surface area contributed by atoms with Gasteiger partial charge in [0, 0.05) is 0 Å². The summed E-state index contributed by atoms with van der Waals surface area (Å²) in [5.41, 5.74) is 10.4. The zero-order valence-electron chi connectivity index (χ0n) is 9.75. The van der Waals surface area contributed by atoms with Crippen LogP contribution in [0.3, 0.4) is 0 Å². The van der Waals surface area contributed by atoms with E-state index in [1.54, 1.807) is 13.0 Å². The second-order valence-electron chi connectivity index (χ2n) is 3.31. The van der Waals surface area contributed by atoms with E-state index in [9.17, 15) is 9.59 Å². The van der Waals surface area contributed by atoms with Gasteiger partial charge in [-0.05, 0) is 6.92 Å². The van der Waals surface area contributed by atoms with Crippen LogP contribution in [-0.2, 0) is 9.59 Å². The molecule has 0 bridgehead atoms. The molecule has 0 aromatic heterocycles. The van der Waals surface area contributed by atoms with Crippen LogP contribution in [0.25, 0.3) is 4.85 Å². The van der Waals surface area contributed by atoms with Gasteiger partial charge in [-0.15, -0.1) is 0 Å². The van der Waals surface area contributed by atoms with Crippen molar-refractivity contribution in [1.82, 2.24) is 0 Å². The maximum absolute atomic E-state index is 10.8. The van der Waals surface area contributed by atoms with Gasteiger partial charge in [0.2, 0.25) is 17.5 Å². The number of nitrogens with zero attached hydrogens (tertiary/aromatic N) is 2. The number of primary amides is 2. The first-order valence-corrected chi connectivity index (χ1v) is 4.85. The number of hydrogen-bond acceptors (Lipinski definition) is 3. The topological polar surface area (TPSA) is 114 Å². The summed E-state index contributed by atoms with van der Waals surface area (Å²) in [7, 11) is 0. The van der Waals surface area contributed by atoms with E-state index >= 15 is 0 Å². The normalized spacial score (nSPS) is 13.7. The fourth-order valence-electron chi connectivity index (χ4n) is 0.890. The SMILES string of the molecule is [C-]#[N+]/C(=C/C=C(C)/C=C/C(C#N)C(N)=O)C(N)=O. The van der Waals surface area contributed by atoms with E-state index in [4.69, 9.17) is 23.3 Å².